The molecule has 6 nitrogen and oxygen atoms in total. The van der Waals surface area contributed by atoms with E-state index in [4.69, 9.17) is 4.52 Å². The van der Waals surface area contributed by atoms with Gasteiger partial charge in [-0.3, -0.25) is 4.99 Å². The lowest BCUT2D eigenvalue weighted by Gasteiger charge is -2.11. The summed E-state index contributed by atoms with van der Waals surface area (Å²) in [7, 11) is 1.78. The van der Waals surface area contributed by atoms with Gasteiger partial charge in [-0.2, -0.15) is 4.98 Å². The first-order valence-electron chi connectivity index (χ1n) is 9.85. The lowest BCUT2D eigenvalue weighted by atomic mass is 10.0. The Kier molecular flexibility index (Phi) is 8.30. The molecule has 2 rings (SSSR count). The number of benzene rings is 1. The molecule has 0 aliphatic heterocycles. The Morgan fingerprint density at radius 1 is 1.00 bits per heavy atom. The van der Waals surface area contributed by atoms with Gasteiger partial charge in [0.05, 0.1) is 0 Å². The zero-order chi connectivity index (χ0) is 19.6. The molecule has 0 spiro atoms. The first kappa shape index (κ1) is 20.9. The van der Waals surface area contributed by atoms with E-state index in [-0.39, 0.29) is 5.92 Å². The van der Waals surface area contributed by atoms with Crippen molar-refractivity contribution in [2.45, 2.75) is 58.8 Å². The summed E-state index contributed by atoms with van der Waals surface area (Å²) in [5, 5.41) is 10.6. The van der Waals surface area contributed by atoms with E-state index in [0.29, 0.717) is 24.8 Å². The molecule has 27 heavy (non-hydrogen) atoms. The summed E-state index contributed by atoms with van der Waals surface area (Å²) in [6.45, 7) is 10.1. The van der Waals surface area contributed by atoms with Crippen molar-refractivity contribution in [1.82, 2.24) is 20.8 Å². The quantitative estimate of drug-likeness (QED) is 0.400. The van der Waals surface area contributed by atoms with E-state index < -0.39 is 0 Å². The summed E-state index contributed by atoms with van der Waals surface area (Å²) in [6, 6.07) is 8.93. The van der Waals surface area contributed by atoms with E-state index in [1.165, 1.54) is 11.1 Å². The van der Waals surface area contributed by atoms with Crippen LogP contribution in [0.4, 0.5) is 0 Å². The van der Waals surface area contributed by atoms with Crippen molar-refractivity contribution in [1.29, 1.82) is 0 Å². The minimum atomic E-state index is 0.284. The normalized spacial score (nSPS) is 12.0. The third-order valence-electron chi connectivity index (χ3n) is 4.44. The number of rotatable bonds is 9. The topological polar surface area (TPSA) is 75.3 Å². The fourth-order valence-corrected chi connectivity index (χ4v) is 2.68. The molecule has 0 amide bonds. The van der Waals surface area contributed by atoms with Crippen LogP contribution in [0.25, 0.3) is 0 Å². The van der Waals surface area contributed by atoms with Gasteiger partial charge in [-0.25, -0.2) is 0 Å². The van der Waals surface area contributed by atoms with E-state index in [2.05, 4.69) is 77.7 Å². The standard InChI is InChI=1S/C21H33N5O/c1-15(2)18-10-8-17(9-11-18)7-6-13-23-21(22-5)24-14-12-19-25-20(16(3)4)26-27-19/h8-11,15-16H,6-7,12-14H2,1-5H3,(H2,22,23,24). The number of aryl methyl sites for hydroxylation is 1. The molecule has 148 valence electrons. The Hall–Kier alpha value is -2.37. The second-order valence-corrected chi connectivity index (χ2v) is 7.38. The van der Waals surface area contributed by atoms with Crippen LogP contribution in [0.1, 0.15) is 68.8 Å². The van der Waals surface area contributed by atoms with Crippen LogP contribution in [0, 0.1) is 0 Å². The van der Waals surface area contributed by atoms with Crippen molar-refractivity contribution in [2.24, 2.45) is 4.99 Å². The highest BCUT2D eigenvalue weighted by molar-refractivity contribution is 5.79. The van der Waals surface area contributed by atoms with Gasteiger partial charge in [0.1, 0.15) is 0 Å². The van der Waals surface area contributed by atoms with Gasteiger partial charge in [0.25, 0.3) is 0 Å². The predicted molar refractivity (Wildman–Crippen MR) is 110 cm³/mol. The van der Waals surface area contributed by atoms with Crippen LogP contribution in [-0.4, -0.2) is 36.2 Å². The second kappa shape index (κ2) is 10.7. The molecule has 0 saturated heterocycles. The number of nitrogens with zero attached hydrogens (tertiary/aromatic N) is 3. The Labute approximate surface area is 162 Å². The third-order valence-corrected chi connectivity index (χ3v) is 4.44. The molecule has 2 aromatic rings. The lowest BCUT2D eigenvalue weighted by molar-refractivity contribution is 0.371. The third kappa shape index (κ3) is 7.04. The van der Waals surface area contributed by atoms with Crippen molar-refractivity contribution in [3.8, 4) is 0 Å². The van der Waals surface area contributed by atoms with Crippen LogP contribution in [0.15, 0.2) is 33.8 Å². The maximum absolute atomic E-state index is 5.25. The Morgan fingerprint density at radius 2 is 1.70 bits per heavy atom. The largest absolute Gasteiger partial charge is 0.356 e. The Balaban J connectivity index is 1.64. The number of hydrogen-bond donors (Lipinski definition) is 2. The maximum Gasteiger partial charge on any atom is 0.228 e. The van der Waals surface area contributed by atoms with Crippen molar-refractivity contribution in [3.05, 3.63) is 47.1 Å². The van der Waals surface area contributed by atoms with E-state index in [1.54, 1.807) is 7.05 Å². The van der Waals surface area contributed by atoms with Gasteiger partial charge in [-0.1, -0.05) is 57.1 Å². The van der Waals surface area contributed by atoms with Gasteiger partial charge in [0, 0.05) is 32.5 Å². The van der Waals surface area contributed by atoms with E-state index in [1.807, 2.05) is 0 Å². The highest BCUT2D eigenvalue weighted by atomic mass is 16.5. The minimum absolute atomic E-state index is 0.284. The summed E-state index contributed by atoms with van der Waals surface area (Å²) in [4.78, 5) is 8.64. The molecule has 0 atom stereocenters. The highest BCUT2D eigenvalue weighted by Gasteiger charge is 2.09. The molecule has 0 aliphatic carbocycles. The van der Waals surface area contributed by atoms with E-state index in [0.717, 1.165) is 31.2 Å². The number of aliphatic imine (C=N–C) groups is 1. The molecule has 0 bridgehead atoms. The van der Waals surface area contributed by atoms with Gasteiger partial charge in [0.2, 0.25) is 5.89 Å². The van der Waals surface area contributed by atoms with Crippen LogP contribution < -0.4 is 10.6 Å². The fourth-order valence-electron chi connectivity index (χ4n) is 2.68. The SMILES string of the molecule is CN=C(NCCCc1ccc(C(C)C)cc1)NCCc1nc(C(C)C)no1. The summed E-state index contributed by atoms with van der Waals surface area (Å²) < 4.78 is 5.25. The van der Waals surface area contributed by atoms with E-state index in [9.17, 15) is 0 Å². The molecule has 1 heterocycles. The Morgan fingerprint density at radius 3 is 2.30 bits per heavy atom. The van der Waals surface area contributed by atoms with Crippen molar-refractivity contribution in [3.63, 3.8) is 0 Å². The summed E-state index contributed by atoms with van der Waals surface area (Å²) in [6.07, 6.45) is 2.80. The lowest BCUT2D eigenvalue weighted by Crippen LogP contribution is -2.38. The molecule has 2 N–H and O–H groups in total. The molecule has 0 radical (unpaired) electrons. The number of nitrogens with one attached hydrogen (secondary N) is 2. The molecule has 0 saturated carbocycles. The molecular weight excluding hydrogens is 338 g/mol. The first-order valence-corrected chi connectivity index (χ1v) is 9.85. The molecule has 0 aliphatic rings. The molecular formula is C21H33N5O. The van der Waals surface area contributed by atoms with Crippen LogP contribution in [0.2, 0.25) is 0 Å². The second-order valence-electron chi connectivity index (χ2n) is 7.38. The fraction of sp³-hybridized carbons (Fsp3) is 0.571. The van der Waals surface area contributed by atoms with Crippen LogP contribution >= 0.6 is 0 Å². The van der Waals surface area contributed by atoms with Gasteiger partial charge in [-0.05, 0) is 29.9 Å². The average molecular weight is 372 g/mol. The van der Waals surface area contributed by atoms with Gasteiger partial charge in [-0.15, -0.1) is 0 Å². The van der Waals surface area contributed by atoms with Crippen molar-refractivity contribution < 1.29 is 4.52 Å². The molecule has 1 aromatic heterocycles. The first-order chi connectivity index (χ1) is 13.0. The van der Waals surface area contributed by atoms with Gasteiger partial charge < -0.3 is 15.2 Å². The summed E-state index contributed by atoms with van der Waals surface area (Å²) in [5.74, 6) is 3.08. The maximum atomic E-state index is 5.25. The summed E-state index contributed by atoms with van der Waals surface area (Å²) >= 11 is 0. The summed E-state index contributed by atoms with van der Waals surface area (Å²) in [5.41, 5.74) is 2.77. The van der Waals surface area contributed by atoms with Crippen LogP contribution in [-0.2, 0) is 12.8 Å². The van der Waals surface area contributed by atoms with Gasteiger partial charge in [0.15, 0.2) is 11.8 Å². The number of guanidine groups is 1. The zero-order valence-electron chi connectivity index (χ0n) is 17.2. The average Bonchev–Trinajstić information content (AvgIpc) is 3.13. The molecule has 6 heteroatoms. The number of aromatic nitrogens is 2. The minimum Gasteiger partial charge on any atom is -0.356 e. The van der Waals surface area contributed by atoms with Crippen LogP contribution in [0.3, 0.4) is 0 Å². The van der Waals surface area contributed by atoms with Crippen LogP contribution in [0.5, 0.6) is 0 Å². The van der Waals surface area contributed by atoms with Crippen molar-refractivity contribution in [2.75, 3.05) is 20.1 Å². The highest BCUT2D eigenvalue weighted by Crippen LogP contribution is 2.15. The molecule has 0 unspecified atom stereocenters. The molecule has 0 fully saturated rings. The zero-order valence-corrected chi connectivity index (χ0v) is 17.2. The van der Waals surface area contributed by atoms with E-state index >= 15 is 0 Å². The number of hydrogen-bond acceptors (Lipinski definition) is 4. The van der Waals surface area contributed by atoms with Crippen molar-refractivity contribution >= 4 is 5.96 Å². The molecule has 1 aromatic carbocycles. The smallest absolute Gasteiger partial charge is 0.228 e. The monoisotopic (exact) mass is 371 g/mol. The van der Waals surface area contributed by atoms with Gasteiger partial charge >= 0.3 is 0 Å². The Bertz CT molecular complexity index is 704. The predicted octanol–water partition coefficient (Wildman–Crippen LogP) is 3.66.